The number of ether oxygens (including phenoxy) is 2. The van der Waals surface area contributed by atoms with Crippen LogP contribution < -0.4 is 9.47 Å². The van der Waals surface area contributed by atoms with Crippen molar-refractivity contribution in [2.75, 3.05) is 26.3 Å². The van der Waals surface area contributed by atoms with Gasteiger partial charge in [-0.15, -0.1) is 5.10 Å². The molecule has 0 spiro atoms. The van der Waals surface area contributed by atoms with Crippen molar-refractivity contribution in [3.05, 3.63) is 41.9 Å². The lowest BCUT2D eigenvalue weighted by molar-refractivity contribution is 0.133. The van der Waals surface area contributed by atoms with Crippen LogP contribution in [0.25, 0.3) is 28.9 Å². The molecule has 0 aliphatic carbocycles. The van der Waals surface area contributed by atoms with E-state index < -0.39 is 0 Å². The molecule has 5 rings (SSSR count). The molecule has 4 aromatic rings. The van der Waals surface area contributed by atoms with Crippen LogP contribution in [0, 0.1) is 0 Å². The zero-order valence-electron chi connectivity index (χ0n) is 21.1. The summed E-state index contributed by atoms with van der Waals surface area (Å²) < 4.78 is 17.9. The maximum Gasteiger partial charge on any atom is 0.240 e. The Hall–Kier alpha value is -3.70. The van der Waals surface area contributed by atoms with Gasteiger partial charge in [-0.2, -0.15) is 5.10 Å². The number of aryl methyl sites for hydroxylation is 1. The van der Waals surface area contributed by atoms with Crippen molar-refractivity contribution in [1.29, 1.82) is 0 Å². The van der Waals surface area contributed by atoms with Gasteiger partial charge in [0, 0.05) is 26.3 Å². The highest BCUT2D eigenvalue weighted by Crippen LogP contribution is 2.31. The van der Waals surface area contributed by atoms with Crippen molar-refractivity contribution in [2.45, 2.75) is 40.0 Å². The summed E-state index contributed by atoms with van der Waals surface area (Å²) in [6.45, 7) is 9.10. The van der Waals surface area contributed by atoms with Crippen LogP contribution >= 0.6 is 0 Å². The highest BCUT2D eigenvalue weighted by atomic mass is 16.5. The molecule has 190 valence electrons. The van der Waals surface area contributed by atoms with E-state index in [1.54, 1.807) is 23.3 Å². The minimum Gasteiger partial charge on any atom is -0.476 e. The third-order valence-corrected chi connectivity index (χ3v) is 6.31. The molecule has 11 nitrogen and oxygen atoms in total. The van der Waals surface area contributed by atoms with Crippen LogP contribution in [0.2, 0.25) is 0 Å². The Morgan fingerprint density at radius 1 is 1.17 bits per heavy atom. The van der Waals surface area contributed by atoms with E-state index in [0.717, 1.165) is 40.4 Å². The second-order valence-corrected chi connectivity index (χ2v) is 8.81. The quantitative estimate of drug-likeness (QED) is 0.453. The van der Waals surface area contributed by atoms with Crippen molar-refractivity contribution in [2.24, 2.45) is 7.05 Å². The van der Waals surface area contributed by atoms with E-state index in [0.29, 0.717) is 38.0 Å². The lowest BCUT2D eigenvalue weighted by atomic mass is 10.2. The Balaban J connectivity index is 1.69. The molecule has 0 radical (unpaired) electrons. The molecule has 5 heterocycles. The van der Waals surface area contributed by atoms with Crippen molar-refractivity contribution >= 4 is 17.7 Å². The molecule has 2 bridgehead atoms. The maximum absolute atomic E-state index is 9.70. The van der Waals surface area contributed by atoms with Gasteiger partial charge in [0.25, 0.3) is 0 Å². The standard InChI is InChI=1S/C25H32N8O3/c1-5-31-14-17(3)36-25-20(13-28-30(25)4)21-15-32-18(11-26-21)12-27-23(32)8-7-19-22(16-31)33(9-10-34)29-24(19)35-6-2/h7-8,11-13,15,17,34H,5-6,9-10,14,16H2,1-4H3/b8-7+/t17-/m0/s1. The molecule has 0 unspecified atom stereocenters. The largest absolute Gasteiger partial charge is 0.476 e. The van der Waals surface area contributed by atoms with Gasteiger partial charge in [0.2, 0.25) is 11.8 Å². The van der Waals surface area contributed by atoms with Crippen LogP contribution in [-0.4, -0.2) is 76.3 Å². The zero-order valence-corrected chi connectivity index (χ0v) is 21.1. The molecular weight excluding hydrogens is 460 g/mol. The van der Waals surface area contributed by atoms with Gasteiger partial charge < -0.3 is 14.6 Å². The molecule has 11 heteroatoms. The first-order valence-corrected chi connectivity index (χ1v) is 12.3. The maximum atomic E-state index is 9.70. The van der Waals surface area contributed by atoms with Crippen molar-refractivity contribution in [3.8, 4) is 23.0 Å². The number of nitrogens with zero attached hydrogens (tertiary/aromatic N) is 8. The third-order valence-electron chi connectivity index (χ3n) is 6.31. The topological polar surface area (TPSA) is 108 Å². The fourth-order valence-corrected chi connectivity index (χ4v) is 4.53. The van der Waals surface area contributed by atoms with Crippen LogP contribution in [0.1, 0.15) is 37.9 Å². The molecule has 1 aliphatic rings. The minimum absolute atomic E-state index is 0.0149. The molecule has 0 amide bonds. The zero-order chi connectivity index (χ0) is 25.2. The first-order chi connectivity index (χ1) is 17.5. The third kappa shape index (κ3) is 4.47. The summed E-state index contributed by atoms with van der Waals surface area (Å²) in [5, 5.41) is 18.8. The van der Waals surface area contributed by atoms with E-state index >= 15 is 0 Å². The smallest absolute Gasteiger partial charge is 0.240 e. The molecule has 0 fully saturated rings. The normalized spacial score (nSPS) is 17.3. The van der Waals surface area contributed by atoms with Gasteiger partial charge in [-0.3, -0.25) is 19.0 Å². The van der Waals surface area contributed by atoms with Crippen LogP contribution in [0.4, 0.5) is 0 Å². The summed E-state index contributed by atoms with van der Waals surface area (Å²) in [6, 6.07) is 0. The summed E-state index contributed by atoms with van der Waals surface area (Å²) in [5.41, 5.74) is 4.30. The van der Waals surface area contributed by atoms with E-state index in [9.17, 15) is 5.11 Å². The van der Waals surface area contributed by atoms with Gasteiger partial charge in [0.15, 0.2) is 0 Å². The van der Waals surface area contributed by atoms with Crippen LogP contribution in [0.5, 0.6) is 11.8 Å². The van der Waals surface area contributed by atoms with Crippen molar-refractivity contribution in [1.82, 2.24) is 38.8 Å². The summed E-state index contributed by atoms with van der Waals surface area (Å²) in [6.07, 6.45) is 11.2. The summed E-state index contributed by atoms with van der Waals surface area (Å²) in [7, 11) is 1.87. The number of aromatic nitrogens is 7. The highest BCUT2D eigenvalue weighted by molar-refractivity contribution is 5.73. The SMILES string of the molecule is CCOc1nn(CCO)c2c1/C=C/c1ncc3cnc(cn13)-c1cnn(C)c1O[C@@H](C)CN(CC)C2. The molecular formula is C25H32N8O3. The fraction of sp³-hybridized carbons (Fsp3) is 0.440. The van der Waals surface area contributed by atoms with Gasteiger partial charge in [-0.05, 0) is 32.5 Å². The highest BCUT2D eigenvalue weighted by Gasteiger charge is 2.23. The second-order valence-electron chi connectivity index (χ2n) is 8.81. The average molecular weight is 493 g/mol. The monoisotopic (exact) mass is 492 g/mol. The first kappa shape index (κ1) is 24.0. The summed E-state index contributed by atoms with van der Waals surface area (Å²) >= 11 is 0. The molecule has 0 saturated heterocycles. The number of hydrogen-bond donors (Lipinski definition) is 1. The van der Waals surface area contributed by atoms with Gasteiger partial charge >= 0.3 is 0 Å². The molecule has 0 saturated carbocycles. The number of likely N-dealkylation sites (N-methyl/N-ethyl adjacent to an activating group) is 1. The van der Waals surface area contributed by atoms with Crippen LogP contribution in [-0.2, 0) is 20.1 Å². The van der Waals surface area contributed by atoms with Crippen LogP contribution in [0.3, 0.4) is 0 Å². The lowest BCUT2D eigenvalue weighted by Gasteiger charge is -2.25. The van der Waals surface area contributed by atoms with E-state index in [1.165, 1.54) is 0 Å². The Morgan fingerprint density at radius 2 is 2.00 bits per heavy atom. The van der Waals surface area contributed by atoms with E-state index in [2.05, 4.69) is 38.9 Å². The fourth-order valence-electron chi connectivity index (χ4n) is 4.53. The summed E-state index contributed by atoms with van der Waals surface area (Å²) in [4.78, 5) is 11.6. The number of rotatable bonds is 5. The Kier molecular flexibility index (Phi) is 6.75. The Labute approximate surface area is 209 Å². The number of hydrogen-bond acceptors (Lipinski definition) is 8. The molecule has 1 aliphatic heterocycles. The first-order valence-electron chi connectivity index (χ1n) is 12.3. The van der Waals surface area contributed by atoms with Gasteiger partial charge in [-0.25, -0.2) is 9.67 Å². The molecule has 36 heavy (non-hydrogen) atoms. The number of imidazole rings is 1. The van der Waals surface area contributed by atoms with Gasteiger partial charge in [0.1, 0.15) is 11.9 Å². The van der Waals surface area contributed by atoms with E-state index in [1.807, 2.05) is 41.4 Å². The average Bonchev–Trinajstić information content (AvgIpc) is 3.53. The van der Waals surface area contributed by atoms with E-state index in [-0.39, 0.29) is 12.7 Å². The number of aliphatic hydroxyl groups is 1. The minimum atomic E-state index is -0.115. The van der Waals surface area contributed by atoms with Crippen molar-refractivity contribution < 1.29 is 14.6 Å². The Morgan fingerprint density at radius 3 is 2.78 bits per heavy atom. The van der Waals surface area contributed by atoms with Gasteiger partial charge in [0.05, 0.1) is 66.4 Å². The van der Waals surface area contributed by atoms with Crippen LogP contribution in [0.15, 0.2) is 24.8 Å². The van der Waals surface area contributed by atoms with Crippen molar-refractivity contribution in [3.63, 3.8) is 0 Å². The molecule has 1 atom stereocenters. The molecule has 1 N–H and O–H groups in total. The second kappa shape index (κ2) is 10.1. The number of aliphatic hydroxyl groups excluding tert-OH is 1. The predicted molar refractivity (Wildman–Crippen MR) is 136 cm³/mol. The summed E-state index contributed by atoms with van der Waals surface area (Å²) in [5.74, 6) is 1.96. The Bertz CT molecular complexity index is 1390. The van der Waals surface area contributed by atoms with E-state index in [4.69, 9.17) is 9.47 Å². The molecule has 0 aromatic carbocycles. The predicted octanol–water partition coefficient (Wildman–Crippen LogP) is 2.49. The molecule has 4 aromatic heterocycles. The lowest BCUT2D eigenvalue weighted by Crippen LogP contribution is -2.34. The van der Waals surface area contributed by atoms with Gasteiger partial charge in [-0.1, -0.05) is 6.92 Å². The number of fused-ring (bicyclic) bond motifs is 4.